The molecule has 1 N–H and O–H groups in total. The fraction of sp³-hybridized carbons (Fsp3) is 0.481. The van der Waals surface area contributed by atoms with Gasteiger partial charge in [0.25, 0.3) is 5.91 Å². The van der Waals surface area contributed by atoms with E-state index < -0.39 is 0 Å². The molecule has 1 aliphatic carbocycles. The molecule has 176 valence electrons. The molecular formula is C27H34N2O4. The zero-order valence-electron chi connectivity index (χ0n) is 19.8. The summed E-state index contributed by atoms with van der Waals surface area (Å²) in [5.41, 5.74) is 4.22. The van der Waals surface area contributed by atoms with E-state index in [0.717, 1.165) is 30.6 Å². The molecule has 0 radical (unpaired) electrons. The van der Waals surface area contributed by atoms with E-state index in [1.165, 1.54) is 11.1 Å². The van der Waals surface area contributed by atoms with Crippen molar-refractivity contribution in [3.63, 3.8) is 0 Å². The van der Waals surface area contributed by atoms with Crippen LogP contribution in [0, 0.1) is 0 Å². The van der Waals surface area contributed by atoms with Gasteiger partial charge >= 0.3 is 0 Å². The van der Waals surface area contributed by atoms with E-state index in [4.69, 9.17) is 9.47 Å². The van der Waals surface area contributed by atoms with Crippen molar-refractivity contribution in [2.45, 2.75) is 64.2 Å². The number of hydrogen-bond donors (Lipinski definition) is 1. The van der Waals surface area contributed by atoms with Crippen molar-refractivity contribution < 1.29 is 19.1 Å². The molecule has 6 heteroatoms. The van der Waals surface area contributed by atoms with E-state index in [9.17, 15) is 9.59 Å². The predicted molar refractivity (Wildman–Crippen MR) is 127 cm³/mol. The monoisotopic (exact) mass is 450 g/mol. The Bertz CT molecular complexity index is 978. The standard InChI is InChI=1S/C27H34N2O4/c1-18-16-29(17-19(2)33-18)27(31)21-9-7-20(8-10-21)15-28-26(30)14-23-6-4-5-22-13-24(32-3)11-12-25(22)23/h7-13,18-19,23H,4-6,14-17H2,1-3H3,(H,28,30). The molecule has 33 heavy (non-hydrogen) atoms. The molecule has 2 aromatic rings. The molecule has 3 atom stereocenters. The zero-order valence-corrected chi connectivity index (χ0v) is 19.8. The number of aryl methyl sites for hydroxylation is 1. The number of benzene rings is 2. The maximum Gasteiger partial charge on any atom is 0.254 e. The van der Waals surface area contributed by atoms with Crippen LogP contribution in [0.1, 0.15) is 66.1 Å². The van der Waals surface area contributed by atoms with Crippen molar-refractivity contribution in [3.8, 4) is 5.75 Å². The first-order valence-electron chi connectivity index (χ1n) is 11.9. The molecule has 1 fully saturated rings. The highest BCUT2D eigenvalue weighted by molar-refractivity contribution is 5.94. The molecule has 2 amide bonds. The average molecular weight is 451 g/mol. The van der Waals surface area contributed by atoms with E-state index in [0.29, 0.717) is 31.6 Å². The van der Waals surface area contributed by atoms with Gasteiger partial charge in [0.1, 0.15) is 5.75 Å². The summed E-state index contributed by atoms with van der Waals surface area (Å²) in [4.78, 5) is 27.3. The highest BCUT2D eigenvalue weighted by Gasteiger charge is 2.26. The van der Waals surface area contributed by atoms with Gasteiger partial charge in [0, 0.05) is 31.6 Å². The Balaban J connectivity index is 1.30. The fourth-order valence-electron chi connectivity index (χ4n) is 5.02. The lowest BCUT2D eigenvalue weighted by atomic mass is 9.81. The molecule has 1 saturated heterocycles. The number of fused-ring (bicyclic) bond motifs is 1. The van der Waals surface area contributed by atoms with Crippen LogP contribution in [0.15, 0.2) is 42.5 Å². The number of carbonyl (C=O) groups is 2. The van der Waals surface area contributed by atoms with Gasteiger partial charge in [-0.1, -0.05) is 18.2 Å². The molecule has 2 aromatic carbocycles. The lowest BCUT2D eigenvalue weighted by Crippen LogP contribution is -2.48. The molecular weight excluding hydrogens is 416 g/mol. The van der Waals surface area contributed by atoms with E-state index in [2.05, 4.69) is 17.4 Å². The van der Waals surface area contributed by atoms with Gasteiger partial charge in [0.05, 0.1) is 19.3 Å². The van der Waals surface area contributed by atoms with Crippen LogP contribution < -0.4 is 10.1 Å². The SMILES string of the molecule is COc1ccc2c(c1)CCCC2CC(=O)NCc1ccc(C(=O)N2CC(C)OC(C)C2)cc1. The van der Waals surface area contributed by atoms with Crippen LogP contribution in [0.25, 0.3) is 0 Å². The van der Waals surface area contributed by atoms with Gasteiger partial charge in [-0.15, -0.1) is 0 Å². The van der Waals surface area contributed by atoms with Crippen LogP contribution in [-0.4, -0.2) is 49.1 Å². The highest BCUT2D eigenvalue weighted by atomic mass is 16.5. The first-order valence-corrected chi connectivity index (χ1v) is 11.9. The average Bonchev–Trinajstić information content (AvgIpc) is 2.82. The van der Waals surface area contributed by atoms with Crippen molar-refractivity contribution in [2.75, 3.05) is 20.2 Å². The number of ether oxygens (including phenoxy) is 2. The topological polar surface area (TPSA) is 67.9 Å². The van der Waals surface area contributed by atoms with Crippen molar-refractivity contribution >= 4 is 11.8 Å². The summed E-state index contributed by atoms with van der Waals surface area (Å²) in [6, 6.07) is 13.7. The molecule has 0 saturated carbocycles. The van der Waals surface area contributed by atoms with Crippen molar-refractivity contribution in [1.29, 1.82) is 0 Å². The Kier molecular flexibility index (Phi) is 7.33. The Labute approximate surface area is 196 Å². The number of nitrogens with one attached hydrogen (secondary N) is 1. The number of methoxy groups -OCH3 is 1. The summed E-state index contributed by atoms with van der Waals surface area (Å²) in [6.07, 6.45) is 3.74. The fourth-order valence-corrected chi connectivity index (χ4v) is 5.02. The second-order valence-electron chi connectivity index (χ2n) is 9.30. The summed E-state index contributed by atoms with van der Waals surface area (Å²) >= 11 is 0. The van der Waals surface area contributed by atoms with Crippen LogP contribution >= 0.6 is 0 Å². The quantitative estimate of drug-likeness (QED) is 0.720. The second-order valence-corrected chi connectivity index (χ2v) is 9.30. The molecule has 0 aromatic heterocycles. The minimum atomic E-state index is 0.0279. The van der Waals surface area contributed by atoms with Crippen LogP contribution in [0.3, 0.4) is 0 Å². The van der Waals surface area contributed by atoms with Gasteiger partial charge in [-0.3, -0.25) is 9.59 Å². The third-order valence-electron chi connectivity index (χ3n) is 6.62. The summed E-state index contributed by atoms with van der Waals surface area (Å²) < 4.78 is 11.1. The van der Waals surface area contributed by atoms with Crippen LogP contribution in [0.4, 0.5) is 0 Å². The van der Waals surface area contributed by atoms with Gasteiger partial charge in [0.15, 0.2) is 0 Å². The van der Waals surface area contributed by atoms with Gasteiger partial charge in [-0.2, -0.15) is 0 Å². The van der Waals surface area contributed by atoms with E-state index in [-0.39, 0.29) is 29.9 Å². The maximum absolute atomic E-state index is 12.8. The van der Waals surface area contributed by atoms with Gasteiger partial charge < -0.3 is 19.7 Å². The molecule has 4 rings (SSSR count). The number of amides is 2. The Morgan fingerprint density at radius 2 is 1.82 bits per heavy atom. The molecule has 2 aliphatic rings. The highest BCUT2D eigenvalue weighted by Crippen LogP contribution is 2.35. The molecule has 1 heterocycles. The molecule has 1 aliphatic heterocycles. The number of morpholine rings is 1. The first kappa shape index (κ1) is 23.3. The lowest BCUT2D eigenvalue weighted by molar-refractivity contribution is -0.121. The Morgan fingerprint density at radius 3 is 2.52 bits per heavy atom. The summed E-state index contributed by atoms with van der Waals surface area (Å²) in [5.74, 6) is 1.21. The van der Waals surface area contributed by atoms with Crippen molar-refractivity contribution in [3.05, 3.63) is 64.7 Å². The summed E-state index contributed by atoms with van der Waals surface area (Å²) in [6.45, 7) is 5.66. The van der Waals surface area contributed by atoms with Gasteiger partial charge in [0.2, 0.25) is 5.91 Å². The number of nitrogens with zero attached hydrogens (tertiary/aromatic N) is 1. The third kappa shape index (κ3) is 5.74. The Morgan fingerprint density at radius 1 is 1.09 bits per heavy atom. The lowest BCUT2D eigenvalue weighted by Gasteiger charge is -2.35. The molecule has 3 unspecified atom stereocenters. The smallest absolute Gasteiger partial charge is 0.254 e. The predicted octanol–water partition coefficient (Wildman–Crippen LogP) is 4.07. The third-order valence-corrected chi connectivity index (χ3v) is 6.62. The second kappa shape index (κ2) is 10.4. The normalized spacial score (nSPS) is 22.4. The maximum atomic E-state index is 12.8. The molecule has 0 bridgehead atoms. The van der Waals surface area contributed by atoms with Crippen molar-refractivity contribution in [2.24, 2.45) is 0 Å². The van der Waals surface area contributed by atoms with Gasteiger partial charge in [-0.05, 0) is 80.0 Å². The van der Waals surface area contributed by atoms with Crippen LogP contribution in [0.5, 0.6) is 5.75 Å². The summed E-state index contributed by atoms with van der Waals surface area (Å²) in [7, 11) is 1.68. The number of rotatable bonds is 6. The largest absolute Gasteiger partial charge is 0.497 e. The first-order chi connectivity index (χ1) is 15.9. The molecule has 6 nitrogen and oxygen atoms in total. The van der Waals surface area contributed by atoms with E-state index in [1.54, 1.807) is 7.11 Å². The van der Waals surface area contributed by atoms with E-state index >= 15 is 0 Å². The minimum Gasteiger partial charge on any atom is -0.497 e. The van der Waals surface area contributed by atoms with Gasteiger partial charge in [-0.25, -0.2) is 0 Å². The van der Waals surface area contributed by atoms with Crippen LogP contribution in [0.2, 0.25) is 0 Å². The summed E-state index contributed by atoms with van der Waals surface area (Å²) in [5, 5.41) is 3.05. The minimum absolute atomic E-state index is 0.0279. The number of carbonyl (C=O) groups excluding carboxylic acids is 2. The van der Waals surface area contributed by atoms with Crippen LogP contribution in [-0.2, 0) is 22.5 Å². The zero-order chi connectivity index (χ0) is 23.4. The Hall–Kier alpha value is -2.86. The molecule has 0 spiro atoms. The number of hydrogen-bond acceptors (Lipinski definition) is 4. The van der Waals surface area contributed by atoms with E-state index in [1.807, 2.05) is 49.1 Å². The van der Waals surface area contributed by atoms with Crippen molar-refractivity contribution in [1.82, 2.24) is 10.2 Å².